The molecule has 0 aliphatic carbocycles. The van der Waals surface area contributed by atoms with Crippen LogP contribution in [-0.4, -0.2) is 77.3 Å². The number of hydrogen-bond donors (Lipinski definition) is 2. The summed E-state index contributed by atoms with van der Waals surface area (Å²) in [5, 5.41) is 29.1. The average molecular weight is 697 g/mol. The monoisotopic (exact) mass is 696 g/mol. The summed E-state index contributed by atoms with van der Waals surface area (Å²) in [4.78, 5) is 67.2. The van der Waals surface area contributed by atoms with Crippen molar-refractivity contribution in [2.75, 3.05) is 36.0 Å². The first-order valence-corrected chi connectivity index (χ1v) is 16.5. The number of amides is 2. The number of nitrogens with one attached hydrogen (secondary N) is 2. The number of benzene rings is 2. The number of nitrogens with zero attached hydrogens (tertiary/aromatic N) is 4. The maximum absolute atomic E-state index is 15.2. The predicted molar refractivity (Wildman–Crippen MR) is 188 cm³/mol. The molecule has 2 aliphatic heterocycles. The number of carbonyl (C=O) groups is 3. The molecular formula is C35H48N6O9. The number of hydrogen-bond acceptors (Lipinski definition) is 11. The zero-order valence-corrected chi connectivity index (χ0v) is 30.4. The molecular weight excluding hydrogens is 648 g/mol. The largest absolute Gasteiger partial charge is 0.444 e. The smallest absolute Gasteiger partial charge is 0.407 e. The van der Waals surface area contributed by atoms with E-state index in [0.717, 1.165) is 11.1 Å². The summed E-state index contributed by atoms with van der Waals surface area (Å²) < 4.78 is 10.9. The molecule has 2 heterocycles. The first kappa shape index (κ1) is 37.9. The minimum Gasteiger partial charge on any atom is -0.444 e. The Labute approximate surface area is 292 Å². The number of non-ortho nitro benzene ring substituents is 2. The first-order valence-electron chi connectivity index (χ1n) is 16.5. The second-order valence-electron chi connectivity index (χ2n) is 16.1. The number of rotatable bonds is 10. The van der Waals surface area contributed by atoms with Crippen molar-refractivity contribution in [3.05, 3.63) is 67.8 Å². The molecule has 15 heteroatoms. The van der Waals surface area contributed by atoms with Gasteiger partial charge in [-0.15, -0.1) is 0 Å². The van der Waals surface area contributed by atoms with Crippen LogP contribution in [0.1, 0.15) is 80.4 Å². The summed E-state index contributed by atoms with van der Waals surface area (Å²) >= 11 is 0. The van der Waals surface area contributed by atoms with Gasteiger partial charge in [-0.25, -0.2) is 9.59 Å². The van der Waals surface area contributed by atoms with E-state index in [0.29, 0.717) is 11.4 Å². The molecule has 15 nitrogen and oxygen atoms in total. The number of alkyl carbamates (subject to hydrolysis) is 2. The number of carbonyl (C=O) groups excluding carboxylic acids is 3. The van der Waals surface area contributed by atoms with E-state index >= 15 is 4.79 Å². The second-order valence-corrected chi connectivity index (χ2v) is 16.1. The van der Waals surface area contributed by atoms with Crippen molar-refractivity contribution in [2.24, 2.45) is 0 Å². The molecule has 0 fully saturated rings. The van der Waals surface area contributed by atoms with Gasteiger partial charge in [0.1, 0.15) is 23.3 Å². The summed E-state index contributed by atoms with van der Waals surface area (Å²) in [5.41, 5.74) is -0.571. The van der Waals surface area contributed by atoms with Gasteiger partial charge in [-0.3, -0.25) is 25.0 Å². The molecule has 2 atom stereocenters. The van der Waals surface area contributed by atoms with Crippen LogP contribution >= 0.6 is 0 Å². The Morgan fingerprint density at radius 2 is 1.06 bits per heavy atom. The van der Waals surface area contributed by atoms with Gasteiger partial charge < -0.3 is 29.9 Å². The molecule has 50 heavy (non-hydrogen) atoms. The van der Waals surface area contributed by atoms with Crippen molar-refractivity contribution in [1.29, 1.82) is 0 Å². The Bertz CT molecular complexity index is 1570. The van der Waals surface area contributed by atoms with Crippen LogP contribution < -0.4 is 20.4 Å². The number of nitro benzene ring substituents is 2. The molecule has 2 amide bonds. The van der Waals surface area contributed by atoms with Crippen molar-refractivity contribution in [3.8, 4) is 0 Å². The minimum absolute atomic E-state index is 0.163. The van der Waals surface area contributed by atoms with E-state index in [4.69, 9.17) is 9.47 Å². The van der Waals surface area contributed by atoms with Crippen molar-refractivity contribution in [1.82, 2.24) is 10.6 Å². The molecule has 2 aromatic rings. The van der Waals surface area contributed by atoms with Gasteiger partial charge in [0.05, 0.1) is 9.85 Å². The summed E-state index contributed by atoms with van der Waals surface area (Å²) in [6.07, 6.45) is -1.53. The highest BCUT2D eigenvalue weighted by Crippen LogP contribution is 2.45. The van der Waals surface area contributed by atoms with E-state index in [1.807, 2.05) is 27.7 Å². The van der Waals surface area contributed by atoms with Gasteiger partial charge in [0.2, 0.25) is 0 Å². The number of Topliss-reactive ketones (excluding diaryl/α,β-unsaturated/α-hetero) is 1. The summed E-state index contributed by atoms with van der Waals surface area (Å²) in [5.74, 6) is -0.442. The van der Waals surface area contributed by atoms with Crippen molar-refractivity contribution in [3.63, 3.8) is 0 Å². The van der Waals surface area contributed by atoms with E-state index in [1.165, 1.54) is 24.3 Å². The van der Waals surface area contributed by atoms with Gasteiger partial charge >= 0.3 is 12.2 Å². The Kier molecular flexibility index (Phi) is 10.1. The summed E-state index contributed by atoms with van der Waals surface area (Å²) in [6.45, 7) is 18.1. The zero-order valence-electron chi connectivity index (χ0n) is 30.4. The Morgan fingerprint density at radius 3 is 1.36 bits per heavy atom. The van der Waals surface area contributed by atoms with Gasteiger partial charge in [0, 0.05) is 72.6 Å². The number of ketones is 1. The number of anilines is 2. The maximum atomic E-state index is 15.2. The quantitative estimate of drug-likeness (QED) is 0.227. The number of fused-ring (bicyclic) bond motifs is 2. The SMILES string of the molecule is CC(C)(C)OC(=O)NCC(C(=O)C(CNC(=O)OC(C)(C)C)N1CC(C)(C)c2ccc([N+](=O)[O-])cc21)N1CC(C)(C)c2ccc([N+](=O)[O-])cc21. The van der Waals surface area contributed by atoms with Crippen molar-refractivity contribution < 1.29 is 33.7 Å². The van der Waals surface area contributed by atoms with Gasteiger partial charge in [0.15, 0.2) is 5.78 Å². The third-order valence-electron chi connectivity index (χ3n) is 8.68. The molecule has 2 unspecified atom stereocenters. The summed E-state index contributed by atoms with van der Waals surface area (Å²) in [7, 11) is 0. The van der Waals surface area contributed by atoms with Crippen LogP contribution in [0.4, 0.5) is 32.3 Å². The highest BCUT2D eigenvalue weighted by molar-refractivity contribution is 5.97. The normalized spacial score (nSPS) is 17.2. The van der Waals surface area contributed by atoms with Crippen LogP contribution in [-0.2, 0) is 25.1 Å². The molecule has 0 spiro atoms. The standard InChI is InChI=1S/C35H48N6O9/c1-32(2,3)49-30(43)36-17-27(38-19-34(7,8)23-13-11-21(40(45)46)15-25(23)38)29(42)28(18-37-31(44)50-33(4,5)6)39-20-35(9,10)24-14-12-22(41(47)48)16-26(24)39/h11-16,27-28H,17-20H2,1-10H3,(H,36,43)(H,37,44). The predicted octanol–water partition coefficient (Wildman–Crippen LogP) is 5.75. The molecule has 2 aromatic carbocycles. The van der Waals surface area contributed by atoms with E-state index in [-0.39, 0.29) is 37.6 Å². The molecule has 0 radical (unpaired) electrons. The number of nitro groups is 2. The van der Waals surface area contributed by atoms with Crippen LogP contribution in [0.15, 0.2) is 36.4 Å². The second kappa shape index (κ2) is 13.4. The molecule has 0 bridgehead atoms. The van der Waals surface area contributed by atoms with Crippen LogP contribution in [0.25, 0.3) is 0 Å². The van der Waals surface area contributed by atoms with Gasteiger partial charge in [0.25, 0.3) is 11.4 Å². The lowest BCUT2D eigenvalue weighted by atomic mass is 9.87. The molecule has 272 valence electrons. The van der Waals surface area contributed by atoms with E-state index in [2.05, 4.69) is 10.6 Å². The Balaban J connectivity index is 1.85. The van der Waals surface area contributed by atoms with Crippen molar-refractivity contribution >= 4 is 40.7 Å². The highest BCUT2D eigenvalue weighted by atomic mass is 16.6. The molecule has 0 aromatic heterocycles. The van der Waals surface area contributed by atoms with E-state index < -0.39 is 61.9 Å². The van der Waals surface area contributed by atoms with Crippen LogP contribution in [0, 0.1) is 20.2 Å². The lowest BCUT2D eigenvalue weighted by molar-refractivity contribution is -0.385. The van der Waals surface area contributed by atoms with Gasteiger partial charge in [-0.2, -0.15) is 0 Å². The summed E-state index contributed by atoms with van der Waals surface area (Å²) in [6, 6.07) is 6.81. The topological polar surface area (TPSA) is 186 Å². The first-order chi connectivity index (χ1) is 22.9. The zero-order chi connectivity index (χ0) is 37.6. The molecule has 2 aliphatic rings. The van der Waals surface area contributed by atoms with Crippen LogP contribution in [0.5, 0.6) is 0 Å². The maximum Gasteiger partial charge on any atom is 0.407 e. The molecule has 0 saturated carbocycles. The van der Waals surface area contributed by atoms with Crippen LogP contribution in [0.2, 0.25) is 0 Å². The molecule has 2 N–H and O–H groups in total. The lowest BCUT2D eigenvalue weighted by Gasteiger charge is -2.37. The fraction of sp³-hybridized carbons (Fsp3) is 0.571. The van der Waals surface area contributed by atoms with E-state index in [1.54, 1.807) is 63.5 Å². The van der Waals surface area contributed by atoms with Crippen molar-refractivity contribution in [2.45, 2.75) is 103 Å². The fourth-order valence-electron chi connectivity index (χ4n) is 6.57. The Hall–Kier alpha value is -4.95. The highest BCUT2D eigenvalue weighted by Gasteiger charge is 2.47. The minimum atomic E-state index is -1.11. The number of ether oxygens (including phenoxy) is 2. The average Bonchev–Trinajstić information content (AvgIpc) is 3.39. The lowest BCUT2D eigenvalue weighted by Crippen LogP contribution is -2.59. The fourth-order valence-corrected chi connectivity index (χ4v) is 6.57. The van der Waals surface area contributed by atoms with Gasteiger partial charge in [-0.1, -0.05) is 27.7 Å². The van der Waals surface area contributed by atoms with Crippen LogP contribution in [0.3, 0.4) is 0 Å². The molecule has 0 saturated heterocycles. The third kappa shape index (κ3) is 8.43. The van der Waals surface area contributed by atoms with Gasteiger partial charge in [-0.05, 0) is 64.8 Å². The van der Waals surface area contributed by atoms with E-state index in [9.17, 15) is 29.8 Å². The Morgan fingerprint density at radius 1 is 0.720 bits per heavy atom. The third-order valence-corrected chi connectivity index (χ3v) is 8.68. The molecule has 4 rings (SSSR count).